The molecule has 62 heavy (non-hydrogen) atoms. The molecule has 12 rings (SSSR count). The summed E-state index contributed by atoms with van der Waals surface area (Å²) in [7, 11) is 0. The van der Waals surface area contributed by atoms with Crippen LogP contribution < -0.4 is 4.90 Å². The second-order valence-corrected chi connectivity index (χ2v) is 19.7. The molecule has 0 saturated heterocycles. The lowest BCUT2D eigenvalue weighted by molar-refractivity contribution is 0.332. The van der Waals surface area contributed by atoms with Gasteiger partial charge in [0.05, 0.1) is 11.1 Å². The zero-order valence-corrected chi connectivity index (χ0v) is 36.4. The fourth-order valence-electron chi connectivity index (χ4n) is 12.1. The largest absolute Gasteiger partial charge is 0.310 e. The number of fused-ring (bicyclic) bond motifs is 12. The van der Waals surface area contributed by atoms with Crippen molar-refractivity contribution in [1.29, 1.82) is 0 Å². The monoisotopic (exact) mass is 799 g/mol. The summed E-state index contributed by atoms with van der Waals surface area (Å²) in [5.41, 5.74) is 25.4. The van der Waals surface area contributed by atoms with Crippen molar-refractivity contribution in [3.63, 3.8) is 0 Å². The van der Waals surface area contributed by atoms with Crippen LogP contribution in [0.2, 0.25) is 0 Å². The highest BCUT2D eigenvalue weighted by atomic mass is 15.1. The van der Waals surface area contributed by atoms with Crippen LogP contribution in [0.4, 0.5) is 17.1 Å². The Morgan fingerprint density at radius 3 is 1.61 bits per heavy atom. The summed E-state index contributed by atoms with van der Waals surface area (Å²) in [4.78, 5) is 2.60. The molecule has 1 spiro atoms. The van der Waals surface area contributed by atoms with Crippen LogP contribution in [-0.4, -0.2) is 0 Å². The molecule has 0 saturated carbocycles. The van der Waals surface area contributed by atoms with E-state index in [1.165, 1.54) is 132 Å². The van der Waals surface area contributed by atoms with Gasteiger partial charge in [0.2, 0.25) is 0 Å². The van der Waals surface area contributed by atoms with E-state index in [0.717, 1.165) is 12.8 Å². The van der Waals surface area contributed by atoms with E-state index >= 15 is 0 Å². The molecule has 0 atom stereocenters. The molecule has 0 bridgehead atoms. The molecule has 4 aliphatic rings. The SMILES string of the molecule is CC1(C)CCC(C)(C)c2cc(-c3ccc(-c4cc5c(cc4N(c4ccccc4)c4cccc6c4CCCC6)C4(c6ccccc6-c6ccccc64)c4ccccc4-5)cc3)ccc21. The molecule has 0 N–H and O–H groups in total. The van der Waals surface area contributed by atoms with Crippen molar-refractivity contribution in [2.24, 2.45) is 0 Å². The lowest BCUT2D eigenvalue weighted by Crippen LogP contribution is -2.33. The molecule has 4 aliphatic carbocycles. The predicted molar refractivity (Wildman–Crippen MR) is 260 cm³/mol. The predicted octanol–water partition coefficient (Wildman–Crippen LogP) is 16.1. The van der Waals surface area contributed by atoms with Gasteiger partial charge in [0.25, 0.3) is 0 Å². The zero-order chi connectivity index (χ0) is 41.8. The van der Waals surface area contributed by atoms with Gasteiger partial charge in [-0.3, -0.25) is 0 Å². The number of para-hydroxylation sites is 1. The van der Waals surface area contributed by atoms with Crippen LogP contribution >= 0.6 is 0 Å². The topological polar surface area (TPSA) is 3.24 Å². The maximum atomic E-state index is 2.60. The van der Waals surface area contributed by atoms with E-state index in [1.54, 1.807) is 0 Å². The number of nitrogens with zero attached hydrogens (tertiary/aromatic N) is 1. The second kappa shape index (κ2) is 13.8. The van der Waals surface area contributed by atoms with Gasteiger partial charge in [-0.1, -0.05) is 173 Å². The van der Waals surface area contributed by atoms with Gasteiger partial charge in [0.15, 0.2) is 0 Å². The first kappa shape index (κ1) is 37.3. The third-order valence-corrected chi connectivity index (χ3v) is 15.4. The standard InChI is InChI=1S/C61H53N/c1-59(2)35-36-60(3,4)56-37-43(33-34-54(56)59)40-29-31-42(32-30-40)49-38-50-48-24-12-15-27-53(48)61(51-25-13-10-22-46(51)47-23-11-14-26-52(47)61)55(50)39-58(49)62(44-19-6-5-7-20-44)57-28-16-18-41-17-8-9-21-45(41)57/h5-7,10-16,18-20,22-34,37-39H,8-9,17,21,35-36H2,1-4H3. The summed E-state index contributed by atoms with van der Waals surface area (Å²) in [5.74, 6) is 0. The van der Waals surface area contributed by atoms with Crippen molar-refractivity contribution in [2.75, 3.05) is 4.90 Å². The van der Waals surface area contributed by atoms with E-state index in [0.29, 0.717) is 0 Å². The molecule has 0 fully saturated rings. The molecule has 0 aliphatic heterocycles. The lowest BCUT2D eigenvalue weighted by atomic mass is 9.63. The van der Waals surface area contributed by atoms with Crippen molar-refractivity contribution in [2.45, 2.75) is 82.5 Å². The number of anilines is 3. The highest BCUT2D eigenvalue weighted by Crippen LogP contribution is 2.64. The van der Waals surface area contributed by atoms with Gasteiger partial charge in [0.1, 0.15) is 0 Å². The minimum atomic E-state index is -0.441. The van der Waals surface area contributed by atoms with E-state index < -0.39 is 5.41 Å². The van der Waals surface area contributed by atoms with Crippen molar-refractivity contribution in [1.82, 2.24) is 0 Å². The third-order valence-electron chi connectivity index (χ3n) is 15.4. The van der Waals surface area contributed by atoms with Crippen LogP contribution in [0.3, 0.4) is 0 Å². The van der Waals surface area contributed by atoms with Crippen LogP contribution in [0.15, 0.2) is 176 Å². The van der Waals surface area contributed by atoms with Gasteiger partial charge in [-0.25, -0.2) is 0 Å². The van der Waals surface area contributed by atoms with Gasteiger partial charge in [-0.05, 0) is 163 Å². The van der Waals surface area contributed by atoms with Gasteiger partial charge < -0.3 is 4.90 Å². The third kappa shape index (κ3) is 5.40. The van der Waals surface area contributed by atoms with Gasteiger partial charge in [0, 0.05) is 16.9 Å². The molecule has 302 valence electrons. The number of rotatable bonds is 5. The van der Waals surface area contributed by atoms with Gasteiger partial charge in [-0.15, -0.1) is 0 Å². The lowest BCUT2D eigenvalue weighted by Gasteiger charge is -2.42. The average Bonchev–Trinajstić information content (AvgIpc) is 3.78. The number of hydrogen-bond acceptors (Lipinski definition) is 1. The van der Waals surface area contributed by atoms with Crippen LogP contribution in [0, 0.1) is 0 Å². The molecule has 8 aromatic rings. The Balaban J connectivity index is 1.12. The highest BCUT2D eigenvalue weighted by molar-refractivity contribution is 6.00. The Morgan fingerprint density at radius 1 is 0.371 bits per heavy atom. The zero-order valence-electron chi connectivity index (χ0n) is 36.4. The Kier molecular flexibility index (Phi) is 8.30. The van der Waals surface area contributed by atoms with Gasteiger partial charge >= 0.3 is 0 Å². The van der Waals surface area contributed by atoms with E-state index in [2.05, 4.69) is 209 Å². The molecule has 0 amide bonds. The molecule has 0 aromatic heterocycles. The highest BCUT2D eigenvalue weighted by Gasteiger charge is 2.52. The Hall–Kier alpha value is -6.44. The van der Waals surface area contributed by atoms with Crippen molar-refractivity contribution >= 4 is 17.1 Å². The molecule has 0 heterocycles. The summed E-state index contributed by atoms with van der Waals surface area (Å²) in [5, 5.41) is 0. The molecule has 1 heteroatoms. The average molecular weight is 800 g/mol. The quantitative estimate of drug-likeness (QED) is 0.168. The van der Waals surface area contributed by atoms with Crippen molar-refractivity contribution in [3.05, 3.63) is 220 Å². The fraction of sp³-hybridized carbons (Fsp3) is 0.213. The van der Waals surface area contributed by atoms with E-state index in [9.17, 15) is 0 Å². The normalized spacial score (nSPS) is 16.7. The van der Waals surface area contributed by atoms with Crippen LogP contribution in [0.5, 0.6) is 0 Å². The van der Waals surface area contributed by atoms with Crippen LogP contribution in [0.25, 0.3) is 44.5 Å². The Morgan fingerprint density at radius 2 is 0.935 bits per heavy atom. The second-order valence-electron chi connectivity index (χ2n) is 19.7. The van der Waals surface area contributed by atoms with Crippen molar-refractivity contribution in [3.8, 4) is 44.5 Å². The summed E-state index contributed by atoms with van der Waals surface area (Å²) in [6.45, 7) is 9.68. The Bertz CT molecular complexity index is 3030. The summed E-state index contributed by atoms with van der Waals surface area (Å²) in [6, 6.07) is 67.6. The number of benzene rings is 8. The first-order valence-electron chi connectivity index (χ1n) is 22.9. The first-order chi connectivity index (χ1) is 30.2. The fourth-order valence-corrected chi connectivity index (χ4v) is 12.1. The van der Waals surface area contributed by atoms with Crippen molar-refractivity contribution < 1.29 is 0 Å². The summed E-state index contributed by atoms with van der Waals surface area (Å²) in [6.07, 6.45) is 7.12. The van der Waals surface area contributed by atoms with E-state index in [-0.39, 0.29) is 10.8 Å². The summed E-state index contributed by atoms with van der Waals surface area (Å²) < 4.78 is 0. The maximum Gasteiger partial charge on any atom is 0.0726 e. The maximum absolute atomic E-state index is 2.60. The summed E-state index contributed by atoms with van der Waals surface area (Å²) >= 11 is 0. The van der Waals surface area contributed by atoms with E-state index in [1.807, 2.05) is 0 Å². The van der Waals surface area contributed by atoms with Crippen LogP contribution in [-0.2, 0) is 29.1 Å². The molecule has 1 nitrogen and oxygen atoms in total. The van der Waals surface area contributed by atoms with Gasteiger partial charge in [-0.2, -0.15) is 0 Å². The molecule has 0 radical (unpaired) electrons. The molecular formula is C61H53N. The molecule has 8 aromatic carbocycles. The number of aryl methyl sites for hydroxylation is 1. The number of hydrogen-bond donors (Lipinski definition) is 0. The first-order valence-corrected chi connectivity index (χ1v) is 22.9. The minimum absolute atomic E-state index is 0.158. The molecule has 0 unspecified atom stereocenters. The minimum Gasteiger partial charge on any atom is -0.310 e. The smallest absolute Gasteiger partial charge is 0.0726 e. The van der Waals surface area contributed by atoms with E-state index in [4.69, 9.17) is 0 Å². The Labute approximate surface area is 367 Å². The molecular weight excluding hydrogens is 747 g/mol. The van der Waals surface area contributed by atoms with Crippen LogP contribution in [0.1, 0.15) is 97.9 Å².